The molecule has 0 unspecified atom stereocenters. The summed E-state index contributed by atoms with van der Waals surface area (Å²) < 4.78 is 12.8. The Hall–Kier alpha value is -2.63. The molecule has 0 aliphatic carbocycles. The number of carbonyl (C=O) groups excluding carboxylic acids is 1. The van der Waals surface area contributed by atoms with Crippen LogP contribution in [0.25, 0.3) is 0 Å². The predicted octanol–water partition coefficient (Wildman–Crippen LogP) is 3.49. The van der Waals surface area contributed by atoms with Crippen molar-refractivity contribution in [3.63, 3.8) is 0 Å². The molecule has 110 valence electrons. The lowest BCUT2D eigenvalue weighted by Gasteiger charge is -2.10. The van der Waals surface area contributed by atoms with E-state index >= 15 is 0 Å². The maximum Gasteiger partial charge on any atom is 0.319 e. The molecule has 1 aromatic heterocycles. The van der Waals surface area contributed by atoms with Crippen LogP contribution in [0.5, 0.6) is 0 Å². The van der Waals surface area contributed by atoms with E-state index in [0.29, 0.717) is 11.5 Å². The van der Waals surface area contributed by atoms with E-state index in [2.05, 4.69) is 20.9 Å². The third kappa shape index (κ3) is 4.76. The molecule has 0 fully saturated rings. The number of rotatable bonds is 4. The Morgan fingerprint density at radius 3 is 2.33 bits per heavy atom. The molecular formula is C15H17FN4O. The van der Waals surface area contributed by atoms with Crippen molar-refractivity contribution in [1.29, 1.82) is 0 Å². The van der Waals surface area contributed by atoms with Gasteiger partial charge in [-0.2, -0.15) is 0 Å². The van der Waals surface area contributed by atoms with E-state index in [4.69, 9.17) is 0 Å². The lowest BCUT2D eigenvalue weighted by Crippen LogP contribution is -2.34. The summed E-state index contributed by atoms with van der Waals surface area (Å²) in [6, 6.07) is 9.25. The number of urea groups is 1. The quantitative estimate of drug-likeness (QED) is 0.806. The molecule has 21 heavy (non-hydrogen) atoms. The van der Waals surface area contributed by atoms with Crippen molar-refractivity contribution in [1.82, 2.24) is 10.3 Å². The Kier molecular flexibility index (Phi) is 4.71. The summed E-state index contributed by atoms with van der Waals surface area (Å²) in [5, 5.41) is 8.44. The number of benzene rings is 1. The molecule has 5 nitrogen and oxygen atoms in total. The first-order valence-corrected chi connectivity index (χ1v) is 6.59. The predicted molar refractivity (Wildman–Crippen MR) is 81.2 cm³/mol. The Labute approximate surface area is 122 Å². The topological polar surface area (TPSA) is 66.1 Å². The molecule has 0 saturated carbocycles. The molecule has 2 amide bonds. The Bertz CT molecular complexity index is 596. The van der Waals surface area contributed by atoms with Crippen LogP contribution in [0.15, 0.2) is 42.6 Å². The summed E-state index contributed by atoms with van der Waals surface area (Å²) in [5.74, 6) is 0.320. The number of carbonyl (C=O) groups is 1. The molecule has 1 aromatic carbocycles. The van der Waals surface area contributed by atoms with E-state index in [-0.39, 0.29) is 17.9 Å². The smallest absolute Gasteiger partial charge is 0.319 e. The van der Waals surface area contributed by atoms with Gasteiger partial charge < -0.3 is 16.0 Å². The summed E-state index contributed by atoms with van der Waals surface area (Å²) in [7, 11) is 0. The van der Waals surface area contributed by atoms with Gasteiger partial charge in [-0.3, -0.25) is 0 Å². The van der Waals surface area contributed by atoms with Crippen LogP contribution >= 0.6 is 0 Å². The summed E-state index contributed by atoms with van der Waals surface area (Å²) in [6.45, 7) is 3.76. The Balaban J connectivity index is 1.95. The lowest BCUT2D eigenvalue weighted by molar-refractivity contribution is 0.250. The van der Waals surface area contributed by atoms with Gasteiger partial charge in [-0.25, -0.2) is 14.2 Å². The number of nitrogens with one attached hydrogen (secondary N) is 3. The summed E-state index contributed by atoms with van der Waals surface area (Å²) >= 11 is 0. The lowest BCUT2D eigenvalue weighted by atomic mass is 10.3. The highest BCUT2D eigenvalue weighted by molar-refractivity contribution is 5.89. The van der Waals surface area contributed by atoms with Crippen molar-refractivity contribution >= 4 is 23.2 Å². The zero-order valence-corrected chi connectivity index (χ0v) is 11.9. The Morgan fingerprint density at radius 1 is 1.10 bits per heavy atom. The minimum atomic E-state index is -0.288. The summed E-state index contributed by atoms with van der Waals surface area (Å²) in [4.78, 5) is 15.7. The monoisotopic (exact) mass is 288 g/mol. The van der Waals surface area contributed by atoms with Gasteiger partial charge in [0.1, 0.15) is 11.6 Å². The molecule has 0 spiro atoms. The first-order valence-electron chi connectivity index (χ1n) is 6.59. The second-order valence-electron chi connectivity index (χ2n) is 4.82. The number of hydrogen-bond donors (Lipinski definition) is 3. The van der Waals surface area contributed by atoms with Gasteiger partial charge in [0, 0.05) is 11.7 Å². The number of anilines is 3. The van der Waals surface area contributed by atoms with Crippen molar-refractivity contribution in [2.75, 3.05) is 10.6 Å². The number of nitrogens with zero attached hydrogens (tertiary/aromatic N) is 1. The van der Waals surface area contributed by atoms with E-state index in [9.17, 15) is 9.18 Å². The Morgan fingerprint density at radius 2 is 1.76 bits per heavy atom. The van der Waals surface area contributed by atoms with E-state index in [1.807, 2.05) is 13.8 Å². The number of amides is 2. The molecule has 6 heteroatoms. The van der Waals surface area contributed by atoms with Crippen LogP contribution in [0.2, 0.25) is 0 Å². The van der Waals surface area contributed by atoms with Gasteiger partial charge in [0.25, 0.3) is 0 Å². The molecule has 0 radical (unpaired) electrons. The molecule has 2 rings (SSSR count). The van der Waals surface area contributed by atoms with Crippen molar-refractivity contribution in [3.05, 3.63) is 48.4 Å². The minimum absolute atomic E-state index is 0.0670. The molecule has 1 heterocycles. The van der Waals surface area contributed by atoms with Crippen LogP contribution in [0, 0.1) is 5.82 Å². The number of pyridine rings is 1. The normalized spacial score (nSPS) is 10.3. The summed E-state index contributed by atoms with van der Waals surface area (Å²) in [6.07, 6.45) is 1.55. The molecule has 0 aliphatic rings. The molecule has 0 saturated heterocycles. The van der Waals surface area contributed by atoms with Crippen LogP contribution in [-0.2, 0) is 0 Å². The van der Waals surface area contributed by atoms with Gasteiger partial charge in [-0.05, 0) is 50.2 Å². The molecule has 0 atom stereocenters. The zero-order valence-electron chi connectivity index (χ0n) is 11.9. The van der Waals surface area contributed by atoms with Crippen molar-refractivity contribution in [2.45, 2.75) is 19.9 Å². The molecule has 0 aliphatic heterocycles. The van der Waals surface area contributed by atoms with E-state index < -0.39 is 0 Å². The summed E-state index contributed by atoms with van der Waals surface area (Å²) in [5.41, 5.74) is 1.33. The fraction of sp³-hybridized carbons (Fsp3) is 0.200. The number of aromatic nitrogens is 1. The zero-order chi connectivity index (χ0) is 15.2. The first kappa shape index (κ1) is 14.8. The molecule has 0 bridgehead atoms. The van der Waals surface area contributed by atoms with Crippen molar-refractivity contribution < 1.29 is 9.18 Å². The maximum absolute atomic E-state index is 12.8. The molecule has 3 N–H and O–H groups in total. The number of hydrogen-bond acceptors (Lipinski definition) is 3. The average Bonchev–Trinajstić information content (AvgIpc) is 2.42. The third-order valence-electron chi connectivity index (χ3n) is 2.56. The van der Waals surface area contributed by atoms with E-state index in [1.165, 1.54) is 12.1 Å². The highest BCUT2D eigenvalue weighted by atomic mass is 19.1. The standard InChI is InChI=1S/C15H17FN4O/c1-10(2)18-15(21)20-13-7-8-14(17-9-13)19-12-5-3-11(16)4-6-12/h3-10H,1-2H3,(H,17,19)(H2,18,20,21). The van der Waals surface area contributed by atoms with Gasteiger partial charge in [0.15, 0.2) is 0 Å². The van der Waals surface area contributed by atoms with Crippen LogP contribution in [0.1, 0.15) is 13.8 Å². The van der Waals surface area contributed by atoms with Gasteiger partial charge in [-0.15, -0.1) is 0 Å². The van der Waals surface area contributed by atoms with Gasteiger partial charge in [0.2, 0.25) is 0 Å². The van der Waals surface area contributed by atoms with E-state index in [0.717, 1.165) is 5.69 Å². The molecule has 2 aromatic rings. The minimum Gasteiger partial charge on any atom is -0.340 e. The third-order valence-corrected chi connectivity index (χ3v) is 2.56. The highest BCUT2D eigenvalue weighted by Gasteiger charge is 2.04. The molecular weight excluding hydrogens is 271 g/mol. The first-order chi connectivity index (χ1) is 10.0. The van der Waals surface area contributed by atoms with Gasteiger partial charge in [0.05, 0.1) is 11.9 Å². The second kappa shape index (κ2) is 6.69. The fourth-order valence-corrected chi connectivity index (χ4v) is 1.65. The second-order valence-corrected chi connectivity index (χ2v) is 4.82. The van der Waals surface area contributed by atoms with Crippen LogP contribution in [-0.4, -0.2) is 17.1 Å². The van der Waals surface area contributed by atoms with Crippen LogP contribution < -0.4 is 16.0 Å². The largest absolute Gasteiger partial charge is 0.340 e. The average molecular weight is 288 g/mol. The van der Waals surface area contributed by atoms with Crippen LogP contribution in [0.4, 0.5) is 26.4 Å². The van der Waals surface area contributed by atoms with Crippen molar-refractivity contribution in [3.8, 4) is 0 Å². The van der Waals surface area contributed by atoms with Crippen molar-refractivity contribution in [2.24, 2.45) is 0 Å². The van der Waals surface area contributed by atoms with Gasteiger partial charge >= 0.3 is 6.03 Å². The SMILES string of the molecule is CC(C)NC(=O)Nc1ccc(Nc2ccc(F)cc2)nc1. The van der Waals surface area contributed by atoms with Crippen LogP contribution in [0.3, 0.4) is 0 Å². The maximum atomic E-state index is 12.8. The van der Waals surface area contributed by atoms with Gasteiger partial charge in [-0.1, -0.05) is 0 Å². The fourth-order valence-electron chi connectivity index (χ4n) is 1.65. The number of halogens is 1. The highest BCUT2D eigenvalue weighted by Crippen LogP contribution is 2.16. The van der Waals surface area contributed by atoms with E-state index in [1.54, 1.807) is 30.5 Å².